The van der Waals surface area contributed by atoms with Crippen LogP contribution in [0.1, 0.15) is 18.1 Å². The Balaban J connectivity index is 1.83. The molecule has 0 fully saturated rings. The zero-order valence-corrected chi connectivity index (χ0v) is 14.7. The van der Waals surface area contributed by atoms with Crippen molar-refractivity contribution in [2.75, 3.05) is 17.2 Å². The van der Waals surface area contributed by atoms with Gasteiger partial charge in [-0.25, -0.2) is 9.97 Å². The van der Waals surface area contributed by atoms with E-state index in [1.165, 1.54) is 11.1 Å². The highest BCUT2D eigenvalue weighted by molar-refractivity contribution is 5.69. The van der Waals surface area contributed by atoms with E-state index in [1.54, 1.807) is 6.33 Å². The molecule has 0 bridgehead atoms. The minimum absolute atomic E-state index is 0.613. The highest BCUT2D eigenvalue weighted by Gasteiger charge is 2.07. The maximum Gasteiger partial charge on any atom is 0.142 e. The number of nitrogens with one attached hydrogen (secondary N) is 2. The fourth-order valence-electron chi connectivity index (χ4n) is 2.62. The lowest BCUT2D eigenvalue weighted by Gasteiger charge is -2.14. The third-order valence-electron chi connectivity index (χ3n) is 3.85. The van der Waals surface area contributed by atoms with Crippen molar-refractivity contribution in [3.05, 3.63) is 66.0 Å². The quantitative estimate of drug-likeness (QED) is 0.666. The molecule has 25 heavy (non-hydrogen) atoms. The van der Waals surface area contributed by atoms with Gasteiger partial charge < -0.3 is 15.4 Å². The first-order valence-corrected chi connectivity index (χ1v) is 8.31. The van der Waals surface area contributed by atoms with E-state index in [0.717, 1.165) is 22.9 Å². The number of nitrogens with zero attached hydrogens (tertiary/aromatic N) is 2. The smallest absolute Gasteiger partial charge is 0.142 e. The van der Waals surface area contributed by atoms with Crippen molar-refractivity contribution in [1.29, 1.82) is 0 Å². The summed E-state index contributed by atoms with van der Waals surface area (Å²) < 4.78 is 5.65. The summed E-state index contributed by atoms with van der Waals surface area (Å²) in [6, 6.07) is 15.9. The molecule has 0 radical (unpaired) electrons. The van der Waals surface area contributed by atoms with E-state index in [2.05, 4.69) is 46.6 Å². The lowest BCUT2D eigenvalue weighted by atomic mass is 10.1. The number of aryl methyl sites for hydroxylation is 2. The zero-order valence-electron chi connectivity index (χ0n) is 14.7. The molecule has 0 aliphatic carbocycles. The Bertz CT molecular complexity index is 844. The predicted molar refractivity (Wildman–Crippen MR) is 102 cm³/mol. The van der Waals surface area contributed by atoms with Gasteiger partial charge in [0.15, 0.2) is 0 Å². The van der Waals surface area contributed by atoms with Crippen LogP contribution in [-0.2, 0) is 0 Å². The summed E-state index contributed by atoms with van der Waals surface area (Å²) in [7, 11) is 0. The molecule has 0 spiro atoms. The molecule has 0 atom stereocenters. The average molecular weight is 334 g/mol. The maximum absolute atomic E-state index is 5.65. The van der Waals surface area contributed by atoms with Crippen molar-refractivity contribution in [3.8, 4) is 5.75 Å². The van der Waals surface area contributed by atoms with Gasteiger partial charge in [-0.1, -0.05) is 30.3 Å². The van der Waals surface area contributed by atoms with Crippen molar-refractivity contribution in [2.45, 2.75) is 20.8 Å². The van der Waals surface area contributed by atoms with E-state index in [9.17, 15) is 0 Å². The molecule has 128 valence electrons. The molecular weight excluding hydrogens is 312 g/mol. The first-order valence-electron chi connectivity index (χ1n) is 8.31. The van der Waals surface area contributed by atoms with Crippen LogP contribution >= 0.6 is 0 Å². The van der Waals surface area contributed by atoms with Crippen molar-refractivity contribution in [3.63, 3.8) is 0 Å². The van der Waals surface area contributed by atoms with Gasteiger partial charge in [0.05, 0.1) is 12.3 Å². The third-order valence-corrected chi connectivity index (χ3v) is 3.85. The topological polar surface area (TPSA) is 59.1 Å². The van der Waals surface area contributed by atoms with Gasteiger partial charge in [-0.15, -0.1) is 0 Å². The van der Waals surface area contributed by atoms with Crippen LogP contribution in [0.4, 0.5) is 23.0 Å². The molecule has 0 aliphatic heterocycles. The van der Waals surface area contributed by atoms with Crippen molar-refractivity contribution >= 4 is 23.0 Å². The third kappa shape index (κ3) is 4.07. The lowest BCUT2D eigenvalue weighted by molar-refractivity contribution is 0.342. The number of rotatable bonds is 6. The standard InChI is InChI=1S/C20H22N4O/c1-4-25-17-11-6-5-10-16(17)23-18-12-19(22-13-21-18)24-20-14(2)8-7-9-15(20)3/h5-13H,4H2,1-3H3,(H2,21,22,23,24). The minimum Gasteiger partial charge on any atom is -0.492 e. The summed E-state index contributed by atoms with van der Waals surface area (Å²) in [6.07, 6.45) is 1.54. The van der Waals surface area contributed by atoms with Crippen LogP contribution in [0, 0.1) is 13.8 Å². The van der Waals surface area contributed by atoms with Gasteiger partial charge in [0.25, 0.3) is 0 Å². The van der Waals surface area contributed by atoms with Crippen LogP contribution in [0.5, 0.6) is 5.75 Å². The molecule has 2 N–H and O–H groups in total. The van der Waals surface area contributed by atoms with Crippen LogP contribution < -0.4 is 15.4 Å². The fourth-order valence-corrected chi connectivity index (χ4v) is 2.62. The van der Waals surface area contributed by atoms with Gasteiger partial charge in [0.1, 0.15) is 23.7 Å². The summed E-state index contributed by atoms with van der Waals surface area (Å²) in [6.45, 7) is 6.73. The highest BCUT2D eigenvalue weighted by atomic mass is 16.5. The van der Waals surface area contributed by atoms with Crippen molar-refractivity contribution in [2.24, 2.45) is 0 Å². The SMILES string of the molecule is CCOc1ccccc1Nc1cc(Nc2c(C)cccc2C)ncn1. The molecule has 0 saturated heterocycles. The molecule has 0 amide bonds. The molecule has 5 nitrogen and oxygen atoms in total. The average Bonchev–Trinajstić information content (AvgIpc) is 2.61. The number of hydrogen-bond acceptors (Lipinski definition) is 5. The molecule has 2 aromatic carbocycles. The van der Waals surface area contributed by atoms with E-state index in [0.29, 0.717) is 12.4 Å². The van der Waals surface area contributed by atoms with Gasteiger partial charge in [-0.2, -0.15) is 0 Å². The largest absolute Gasteiger partial charge is 0.492 e. The number of hydrogen-bond donors (Lipinski definition) is 2. The van der Waals surface area contributed by atoms with E-state index < -0.39 is 0 Å². The number of ether oxygens (including phenoxy) is 1. The lowest BCUT2D eigenvalue weighted by Crippen LogP contribution is -2.02. The molecule has 0 aliphatic rings. The van der Waals surface area contributed by atoms with E-state index in [-0.39, 0.29) is 0 Å². The van der Waals surface area contributed by atoms with Gasteiger partial charge in [0, 0.05) is 11.8 Å². The van der Waals surface area contributed by atoms with Gasteiger partial charge in [-0.3, -0.25) is 0 Å². The second-order valence-electron chi connectivity index (χ2n) is 5.73. The second-order valence-corrected chi connectivity index (χ2v) is 5.73. The Kier molecular flexibility index (Phi) is 5.14. The second kappa shape index (κ2) is 7.66. The fraction of sp³-hybridized carbons (Fsp3) is 0.200. The first-order chi connectivity index (χ1) is 12.2. The zero-order chi connectivity index (χ0) is 17.6. The molecule has 3 aromatic rings. The summed E-state index contributed by atoms with van der Waals surface area (Å²) >= 11 is 0. The number of anilines is 4. The number of benzene rings is 2. The normalized spacial score (nSPS) is 10.4. The van der Waals surface area contributed by atoms with Crippen molar-refractivity contribution in [1.82, 2.24) is 9.97 Å². The van der Waals surface area contributed by atoms with Crippen LogP contribution in [0.25, 0.3) is 0 Å². The molecule has 0 saturated carbocycles. The molecular formula is C20H22N4O. The summed E-state index contributed by atoms with van der Waals surface area (Å²) in [5.41, 5.74) is 4.30. The van der Waals surface area contributed by atoms with Gasteiger partial charge in [-0.05, 0) is 44.0 Å². The molecule has 3 rings (SSSR count). The predicted octanol–water partition coefficient (Wildman–Crippen LogP) is 4.98. The Labute approximate surface area is 148 Å². The first kappa shape index (κ1) is 16.8. The van der Waals surface area contributed by atoms with E-state index in [1.807, 2.05) is 43.3 Å². The Hall–Kier alpha value is -3.08. The maximum atomic E-state index is 5.65. The van der Waals surface area contributed by atoms with E-state index >= 15 is 0 Å². The molecule has 5 heteroatoms. The highest BCUT2D eigenvalue weighted by Crippen LogP contribution is 2.28. The molecule has 1 aromatic heterocycles. The van der Waals surface area contributed by atoms with Gasteiger partial charge >= 0.3 is 0 Å². The number of para-hydroxylation sites is 3. The van der Waals surface area contributed by atoms with E-state index in [4.69, 9.17) is 4.74 Å². The summed E-state index contributed by atoms with van der Waals surface area (Å²) in [5.74, 6) is 2.24. The Morgan fingerprint density at radius 2 is 1.56 bits per heavy atom. The van der Waals surface area contributed by atoms with Crippen LogP contribution in [0.3, 0.4) is 0 Å². The Morgan fingerprint density at radius 3 is 2.28 bits per heavy atom. The van der Waals surface area contributed by atoms with Crippen molar-refractivity contribution < 1.29 is 4.74 Å². The van der Waals surface area contributed by atoms with Crippen LogP contribution in [0.15, 0.2) is 54.9 Å². The van der Waals surface area contributed by atoms with Gasteiger partial charge in [0.2, 0.25) is 0 Å². The van der Waals surface area contributed by atoms with Crippen LogP contribution in [-0.4, -0.2) is 16.6 Å². The molecule has 0 unspecified atom stereocenters. The minimum atomic E-state index is 0.613. The molecule has 1 heterocycles. The summed E-state index contributed by atoms with van der Waals surface area (Å²) in [4.78, 5) is 8.63. The van der Waals surface area contributed by atoms with Crippen LogP contribution in [0.2, 0.25) is 0 Å². The summed E-state index contributed by atoms with van der Waals surface area (Å²) in [5, 5.41) is 6.68. The number of aromatic nitrogens is 2. The Morgan fingerprint density at radius 1 is 0.880 bits per heavy atom. The monoisotopic (exact) mass is 334 g/mol.